The van der Waals surface area contributed by atoms with Gasteiger partial charge < -0.3 is 5.32 Å². The molecule has 4 heteroatoms. The number of hydrogen-bond acceptors (Lipinski definition) is 2. The van der Waals surface area contributed by atoms with Gasteiger partial charge in [-0.1, -0.05) is 0 Å². The van der Waals surface area contributed by atoms with Crippen LogP contribution >= 0.6 is 0 Å². The van der Waals surface area contributed by atoms with Gasteiger partial charge in [-0.15, -0.1) is 0 Å². The number of alkyl halides is 2. The summed E-state index contributed by atoms with van der Waals surface area (Å²) >= 11 is 0. The van der Waals surface area contributed by atoms with E-state index in [4.69, 9.17) is 0 Å². The van der Waals surface area contributed by atoms with Gasteiger partial charge in [-0.2, -0.15) is 0 Å². The molecule has 14 heavy (non-hydrogen) atoms. The van der Waals surface area contributed by atoms with Crippen LogP contribution in [0.4, 0.5) is 8.78 Å². The van der Waals surface area contributed by atoms with Gasteiger partial charge in [-0.3, -0.25) is 4.90 Å². The van der Waals surface area contributed by atoms with Crippen molar-refractivity contribution in [2.24, 2.45) is 0 Å². The summed E-state index contributed by atoms with van der Waals surface area (Å²) in [6.07, 6.45) is 2.34. The minimum atomic E-state index is -2.40. The van der Waals surface area contributed by atoms with Crippen molar-refractivity contribution in [3.05, 3.63) is 0 Å². The third-order valence-electron chi connectivity index (χ3n) is 3.35. The average Bonchev–Trinajstić information content (AvgIpc) is 2.19. The van der Waals surface area contributed by atoms with Crippen LogP contribution in [0, 0.1) is 0 Å². The Bertz CT molecular complexity index is 181. The van der Waals surface area contributed by atoms with Crippen LogP contribution in [-0.2, 0) is 0 Å². The molecule has 0 unspecified atom stereocenters. The highest BCUT2D eigenvalue weighted by Gasteiger charge is 2.36. The Morgan fingerprint density at radius 2 is 1.64 bits per heavy atom. The lowest BCUT2D eigenvalue weighted by Crippen LogP contribution is -2.48. The van der Waals surface area contributed by atoms with E-state index < -0.39 is 5.92 Å². The predicted molar refractivity (Wildman–Crippen MR) is 51.6 cm³/mol. The SMILES string of the molecule is FC1(F)CCN(C2CCNCC2)CC1. The maximum absolute atomic E-state index is 12.9. The van der Waals surface area contributed by atoms with Crippen molar-refractivity contribution >= 4 is 0 Å². The molecule has 2 heterocycles. The van der Waals surface area contributed by atoms with Gasteiger partial charge in [0.1, 0.15) is 0 Å². The predicted octanol–water partition coefficient (Wildman–Crippen LogP) is 1.47. The zero-order chi connectivity index (χ0) is 10.0. The average molecular weight is 204 g/mol. The fourth-order valence-electron chi connectivity index (χ4n) is 2.39. The quantitative estimate of drug-likeness (QED) is 0.696. The Labute approximate surface area is 83.7 Å². The zero-order valence-electron chi connectivity index (χ0n) is 8.44. The lowest BCUT2D eigenvalue weighted by Gasteiger charge is -2.39. The van der Waals surface area contributed by atoms with Crippen molar-refractivity contribution in [3.63, 3.8) is 0 Å². The van der Waals surface area contributed by atoms with Gasteiger partial charge in [0.15, 0.2) is 0 Å². The Hall–Kier alpha value is -0.220. The standard InChI is InChI=1S/C10H18F2N2/c11-10(12)3-7-14(8-4-10)9-1-5-13-6-2-9/h9,13H,1-8H2. The zero-order valence-corrected chi connectivity index (χ0v) is 8.44. The first kappa shape index (κ1) is 10.3. The van der Waals surface area contributed by atoms with E-state index in [0.29, 0.717) is 19.1 Å². The second kappa shape index (κ2) is 4.11. The summed E-state index contributed by atoms with van der Waals surface area (Å²) in [7, 11) is 0. The van der Waals surface area contributed by atoms with E-state index >= 15 is 0 Å². The summed E-state index contributed by atoms with van der Waals surface area (Å²) in [6, 6.07) is 0.548. The molecule has 2 rings (SSSR count). The van der Waals surface area contributed by atoms with Gasteiger partial charge in [0.05, 0.1) is 0 Å². The van der Waals surface area contributed by atoms with Gasteiger partial charge in [0, 0.05) is 32.0 Å². The van der Waals surface area contributed by atoms with E-state index in [9.17, 15) is 8.78 Å². The number of piperidine rings is 2. The minimum absolute atomic E-state index is 0.0525. The topological polar surface area (TPSA) is 15.3 Å². The third kappa shape index (κ3) is 2.42. The molecule has 2 fully saturated rings. The van der Waals surface area contributed by atoms with Crippen molar-refractivity contribution in [2.75, 3.05) is 26.2 Å². The van der Waals surface area contributed by atoms with Gasteiger partial charge >= 0.3 is 0 Å². The molecule has 0 aromatic heterocycles. The highest BCUT2D eigenvalue weighted by Crippen LogP contribution is 2.29. The van der Waals surface area contributed by atoms with E-state index in [1.807, 2.05) is 0 Å². The minimum Gasteiger partial charge on any atom is -0.317 e. The number of halogens is 2. The number of likely N-dealkylation sites (tertiary alicyclic amines) is 1. The Morgan fingerprint density at radius 3 is 2.21 bits per heavy atom. The molecule has 82 valence electrons. The molecule has 0 atom stereocenters. The molecule has 0 saturated carbocycles. The van der Waals surface area contributed by atoms with E-state index in [2.05, 4.69) is 10.2 Å². The molecule has 0 bridgehead atoms. The molecule has 2 aliphatic rings. The van der Waals surface area contributed by atoms with Gasteiger partial charge in [-0.05, 0) is 25.9 Å². The van der Waals surface area contributed by atoms with Gasteiger partial charge in [-0.25, -0.2) is 8.78 Å². The molecule has 0 aromatic rings. The molecule has 0 radical (unpaired) electrons. The van der Waals surface area contributed by atoms with Crippen molar-refractivity contribution < 1.29 is 8.78 Å². The molecule has 0 amide bonds. The molecular weight excluding hydrogens is 186 g/mol. The normalized spacial score (nSPS) is 30.4. The maximum atomic E-state index is 12.9. The van der Waals surface area contributed by atoms with Crippen LogP contribution in [0.15, 0.2) is 0 Å². The summed E-state index contributed by atoms with van der Waals surface area (Å²) in [5, 5.41) is 3.30. The fourth-order valence-corrected chi connectivity index (χ4v) is 2.39. The van der Waals surface area contributed by atoms with Gasteiger partial charge in [0.25, 0.3) is 5.92 Å². The summed E-state index contributed by atoms with van der Waals surface area (Å²) < 4.78 is 25.8. The van der Waals surface area contributed by atoms with Crippen LogP contribution in [0.1, 0.15) is 25.7 Å². The summed E-state index contributed by atoms with van der Waals surface area (Å²) in [4.78, 5) is 2.25. The Kier molecular flexibility index (Phi) is 3.02. The van der Waals surface area contributed by atoms with Gasteiger partial charge in [0.2, 0.25) is 0 Å². The number of nitrogens with zero attached hydrogens (tertiary/aromatic N) is 1. The number of nitrogens with one attached hydrogen (secondary N) is 1. The first-order valence-electron chi connectivity index (χ1n) is 5.50. The molecule has 0 aromatic carbocycles. The first-order valence-corrected chi connectivity index (χ1v) is 5.50. The molecule has 2 saturated heterocycles. The van der Waals surface area contributed by atoms with Crippen molar-refractivity contribution in [1.29, 1.82) is 0 Å². The number of rotatable bonds is 1. The molecule has 0 spiro atoms. The second-order valence-corrected chi connectivity index (χ2v) is 4.37. The lowest BCUT2D eigenvalue weighted by atomic mass is 9.99. The summed E-state index contributed by atoms with van der Waals surface area (Å²) in [5.74, 6) is -2.40. The summed E-state index contributed by atoms with van der Waals surface area (Å²) in [6.45, 7) is 3.24. The third-order valence-corrected chi connectivity index (χ3v) is 3.35. The maximum Gasteiger partial charge on any atom is 0.250 e. The Morgan fingerprint density at radius 1 is 1.07 bits per heavy atom. The van der Waals surface area contributed by atoms with E-state index in [-0.39, 0.29) is 12.8 Å². The van der Waals surface area contributed by atoms with Crippen molar-refractivity contribution in [3.8, 4) is 0 Å². The van der Waals surface area contributed by atoms with Crippen LogP contribution in [0.3, 0.4) is 0 Å². The van der Waals surface area contributed by atoms with E-state index in [1.165, 1.54) is 0 Å². The molecule has 1 N–H and O–H groups in total. The second-order valence-electron chi connectivity index (χ2n) is 4.37. The van der Waals surface area contributed by atoms with E-state index in [1.54, 1.807) is 0 Å². The fraction of sp³-hybridized carbons (Fsp3) is 1.00. The van der Waals surface area contributed by atoms with E-state index in [0.717, 1.165) is 25.9 Å². The molecule has 0 aliphatic carbocycles. The number of hydrogen-bond donors (Lipinski definition) is 1. The molecule has 2 aliphatic heterocycles. The van der Waals surface area contributed by atoms with Crippen molar-refractivity contribution in [1.82, 2.24) is 10.2 Å². The van der Waals surface area contributed by atoms with Crippen molar-refractivity contribution in [2.45, 2.75) is 37.6 Å². The largest absolute Gasteiger partial charge is 0.317 e. The van der Waals surface area contributed by atoms with Crippen LogP contribution in [-0.4, -0.2) is 43.0 Å². The van der Waals surface area contributed by atoms with Crippen LogP contribution in [0.5, 0.6) is 0 Å². The Balaban J connectivity index is 1.82. The van der Waals surface area contributed by atoms with Crippen LogP contribution in [0.25, 0.3) is 0 Å². The highest BCUT2D eigenvalue weighted by molar-refractivity contribution is 4.84. The molecular formula is C10H18F2N2. The summed E-state index contributed by atoms with van der Waals surface area (Å²) in [5.41, 5.74) is 0. The van der Waals surface area contributed by atoms with Crippen LogP contribution in [0.2, 0.25) is 0 Å². The lowest BCUT2D eigenvalue weighted by molar-refractivity contribution is -0.0650. The first-order chi connectivity index (χ1) is 6.67. The smallest absolute Gasteiger partial charge is 0.250 e. The molecule has 2 nitrogen and oxygen atoms in total. The van der Waals surface area contributed by atoms with Crippen LogP contribution < -0.4 is 5.32 Å². The monoisotopic (exact) mass is 204 g/mol. The highest BCUT2D eigenvalue weighted by atomic mass is 19.3.